The molecular formula is C55H76KN9O9. The zero-order chi connectivity index (χ0) is 53.0. The normalized spacial score (nSPS) is 17.7. The van der Waals surface area contributed by atoms with E-state index >= 15 is 0 Å². The van der Waals surface area contributed by atoms with Crippen molar-refractivity contribution in [3.05, 3.63) is 103 Å². The molecule has 3 aliphatic rings. The number of aromatic amines is 3. The number of aromatic nitrogens is 6. The molecule has 3 atom stereocenters. The van der Waals surface area contributed by atoms with Crippen LogP contribution in [0.25, 0.3) is 44.2 Å². The topological polar surface area (TPSA) is 242 Å². The second kappa shape index (κ2) is 27.9. The van der Waals surface area contributed by atoms with Crippen LogP contribution < -0.4 is 51.4 Å². The van der Waals surface area contributed by atoms with Gasteiger partial charge in [-0.15, -0.1) is 0 Å². The molecule has 19 heteroatoms. The summed E-state index contributed by atoms with van der Waals surface area (Å²) in [4.78, 5) is 74.8. The zero-order valence-electron chi connectivity index (χ0n) is 45.8. The van der Waals surface area contributed by atoms with Crippen molar-refractivity contribution in [3.8, 4) is 0 Å². The molecule has 74 heavy (non-hydrogen) atoms. The minimum Gasteiger partial charge on any atom is -0.870 e. The summed E-state index contributed by atoms with van der Waals surface area (Å²) in [5, 5.41) is 10.4. The number of piperidine rings is 1. The van der Waals surface area contributed by atoms with Crippen LogP contribution in [-0.4, -0.2) is 141 Å². The van der Waals surface area contributed by atoms with Gasteiger partial charge in [0.15, 0.2) is 0 Å². The fraction of sp³-hybridized carbons (Fsp3) is 0.473. The molecule has 0 aliphatic carbocycles. The first-order chi connectivity index (χ1) is 34.0. The second-order valence-corrected chi connectivity index (χ2v) is 20.9. The number of hydrogen-bond acceptors (Lipinski definition) is 12. The first-order valence-corrected chi connectivity index (χ1v) is 24.5. The monoisotopic (exact) mass is 1050 g/mol. The number of pyridine rings is 3. The van der Waals surface area contributed by atoms with Gasteiger partial charge >= 0.3 is 69.7 Å². The van der Waals surface area contributed by atoms with Gasteiger partial charge in [-0.05, 0) is 150 Å². The van der Waals surface area contributed by atoms with Crippen LogP contribution in [0.15, 0.2) is 91.8 Å². The van der Waals surface area contributed by atoms with Gasteiger partial charge < -0.3 is 54.4 Å². The van der Waals surface area contributed by atoms with Crippen LogP contribution in [0.4, 0.5) is 14.4 Å². The van der Waals surface area contributed by atoms with Gasteiger partial charge in [0.1, 0.15) is 39.5 Å². The van der Waals surface area contributed by atoms with Gasteiger partial charge in [0.25, 0.3) is 0 Å². The Morgan fingerprint density at radius 3 is 1.55 bits per heavy atom. The molecule has 18 nitrogen and oxygen atoms in total. The number of aliphatic hydroxyl groups excluding tert-OH is 1. The van der Waals surface area contributed by atoms with Gasteiger partial charge in [0.2, 0.25) is 0 Å². The number of ketones is 1. The van der Waals surface area contributed by atoms with Gasteiger partial charge in [-0.3, -0.25) is 4.79 Å². The van der Waals surface area contributed by atoms with Crippen LogP contribution >= 0.6 is 0 Å². The van der Waals surface area contributed by atoms with Crippen LogP contribution in [0.2, 0.25) is 0 Å². The van der Waals surface area contributed by atoms with E-state index in [1.54, 1.807) is 33.3 Å². The van der Waals surface area contributed by atoms with E-state index in [0.717, 1.165) is 53.1 Å². The Balaban J connectivity index is 0.000000266. The van der Waals surface area contributed by atoms with Crippen molar-refractivity contribution in [3.63, 3.8) is 0 Å². The van der Waals surface area contributed by atoms with Gasteiger partial charge in [-0.2, -0.15) is 0 Å². The maximum atomic E-state index is 12.3. The van der Waals surface area contributed by atoms with Crippen molar-refractivity contribution in [1.29, 1.82) is 0 Å². The van der Waals surface area contributed by atoms with E-state index in [-0.39, 0.29) is 99.0 Å². The summed E-state index contributed by atoms with van der Waals surface area (Å²) in [6.07, 6.45) is 17.2. The molecule has 6 aromatic heterocycles. The Labute approximate surface area is 477 Å². The number of rotatable bonds is 2. The van der Waals surface area contributed by atoms with E-state index in [2.05, 4.69) is 61.1 Å². The maximum absolute atomic E-state index is 12.3. The fourth-order valence-electron chi connectivity index (χ4n) is 8.33. The fourth-order valence-corrected chi connectivity index (χ4v) is 8.33. The molecule has 396 valence electrons. The van der Waals surface area contributed by atoms with Crippen molar-refractivity contribution in [1.82, 2.24) is 44.6 Å². The van der Waals surface area contributed by atoms with E-state index in [1.807, 2.05) is 125 Å². The Morgan fingerprint density at radius 2 is 1.07 bits per heavy atom. The number of ether oxygens (including phenoxy) is 3. The summed E-state index contributed by atoms with van der Waals surface area (Å²) in [7, 11) is 1.00. The zero-order valence-corrected chi connectivity index (χ0v) is 48.9. The molecule has 0 bridgehead atoms. The number of carbonyl (C=O) groups excluding carboxylic acids is 4. The van der Waals surface area contributed by atoms with Crippen LogP contribution in [0.5, 0.6) is 0 Å². The predicted molar refractivity (Wildman–Crippen MR) is 285 cm³/mol. The minimum absolute atomic E-state index is 0. The molecule has 0 saturated carbocycles. The smallest absolute Gasteiger partial charge is 0.870 e. The van der Waals surface area contributed by atoms with Gasteiger partial charge in [-0.25, -0.2) is 29.3 Å². The second-order valence-electron chi connectivity index (χ2n) is 20.9. The van der Waals surface area contributed by atoms with Crippen molar-refractivity contribution in [2.45, 2.75) is 144 Å². The minimum atomic E-state index is -0.474. The molecule has 0 spiro atoms. The number of hydrogen-bond donors (Lipinski definition) is 4. The molecule has 5 N–H and O–H groups in total. The molecule has 0 radical (unpaired) electrons. The number of Topliss-reactive ketones (excluding diaryl/α,β-unsaturated/α-hetero) is 1. The SMILES string of the molecule is CC1C=C(c2c[nH]c3ncccc23)CCN1C(=O)OC(C)(C)C.CC1CC(=O)CCN1C(=O)OC(C)(C)C.CC1CC(c2c[nH]c3ncccc23)=CCN1C(=O)OC(C)(C)C.CO.[K+].[OH-].c1cnc2[nH]ccc2c1. The summed E-state index contributed by atoms with van der Waals surface area (Å²) >= 11 is 0. The van der Waals surface area contributed by atoms with Crippen molar-refractivity contribution in [2.24, 2.45) is 0 Å². The number of fused-ring (bicyclic) bond motifs is 3. The van der Waals surface area contributed by atoms with Crippen molar-refractivity contribution < 1.29 is 95.4 Å². The van der Waals surface area contributed by atoms with E-state index in [4.69, 9.17) is 19.3 Å². The summed E-state index contributed by atoms with van der Waals surface area (Å²) in [5.74, 6) is 0.224. The van der Waals surface area contributed by atoms with Gasteiger partial charge in [0.05, 0.1) is 6.04 Å². The number of carbonyl (C=O) groups is 4. The average Bonchev–Trinajstić information content (AvgIpc) is 4.08. The van der Waals surface area contributed by atoms with E-state index < -0.39 is 16.8 Å². The van der Waals surface area contributed by atoms with Gasteiger partial charge in [-0.1, -0.05) is 12.2 Å². The van der Waals surface area contributed by atoms with Crippen LogP contribution in [0, 0.1) is 0 Å². The third kappa shape index (κ3) is 18.2. The van der Waals surface area contributed by atoms with Crippen LogP contribution in [-0.2, 0) is 19.0 Å². The predicted octanol–water partition coefficient (Wildman–Crippen LogP) is 7.92. The summed E-state index contributed by atoms with van der Waals surface area (Å²) < 4.78 is 16.2. The average molecular weight is 1050 g/mol. The number of likely N-dealkylation sites (tertiary alicyclic amines) is 1. The Bertz CT molecular complexity index is 2780. The molecule has 0 aromatic carbocycles. The first-order valence-electron chi connectivity index (χ1n) is 24.5. The Kier molecular flexibility index (Phi) is 23.7. The first kappa shape index (κ1) is 62.9. The Morgan fingerprint density at radius 1 is 0.608 bits per heavy atom. The van der Waals surface area contributed by atoms with Crippen molar-refractivity contribution in [2.75, 3.05) is 26.7 Å². The number of H-pyrrole nitrogens is 3. The van der Waals surface area contributed by atoms with Crippen LogP contribution in [0.3, 0.4) is 0 Å². The van der Waals surface area contributed by atoms with E-state index in [0.29, 0.717) is 32.5 Å². The number of aliphatic hydroxyl groups is 1. The molecule has 1 saturated heterocycles. The molecule has 1 fully saturated rings. The molecule has 9 rings (SSSR count). The summed E-state index contributed by atoms with van der Waals surface area (Å²) in [5.41, 5.74) is 6.17. The van der Waals surface area contributed by atoms with Crippen molar-refractivity contribution >= 4 is 68.3 Å². The number of nitrogens with zero attached hydrogens (tertiary/aromatic N) is 6. The molecule has 3 amide bonds. The standard InChI is InChI=1S/2C18H23N3O2.C11H19NO3.C7H6N2.CH4O.K.H2O/c2*1-12-10-13(7-9-21(12)17(22)23-18(2,3)4)15-11-20-16-14(15)6-5-8-19-16;1-8-7-9(13)5-6-12(8)10(14)15-11(2,3)4;1-2-6-3-5-9-7(6)8-4-1;1-2;;/h5-6,8,10-12H,7,9H2,1-4H3,(H,19,20);5-8,11-12H,9-10H2,1-4H3,(H,19,20);8H,5-7H2,1-4H3;1-5H,(H,8,9);2H,1H3;;1H2/q;;;;;+1;/p-1. The summed E-state index contributed by atoms with van der Waals surface area (Å²) in [6.45, 7) is 24.5. The number of nitrogens with one attached hydrogen (secondary N) is 3. The van der Waals surface area contributed by atoms with Gasteiger partial charge in [0, 0.05) is 116 Å². The molecule has 9 heterocycles. The third-order valence-electron chi connectivity index (χ3n) is 11.6. The summed E-state index contributed by atoms with van der Waals surface area (Å²) in [6, 6.07) is 14.1. The largest absolute Gasteiger partial charge is 1.00 e. The van der Waals surface area contributed by atoms with Crippen LogP contribution in [0.1, 0.15) is 120 Å². The Hall–Kier alpha value is -5.41. The quantitative estimate of drug-likeness (QED) is 0.0955. The third-order valence-corrected chi connectivity index (χ3v) is 11.6. The van der Waals surface area contributed by atoms with E-state index in [9.17, 15) is 19.2 Å². The molecule has 3 aliphatic heterocycles. The molecule has 6 aromatic rings. The van der Waals surface area contributed by atoms with E-state index in [1.165, 1.54) is 22.3 Å². The molecular weight excluding hydrogens is 970 g/mol. The number of amides is 3. The maximum Gasteiger partial charge on any atom is 1.00 e. The molecule has 3 unspecified atom stereocenters.